The van der Waals surface area contributed by atoms with E-state index < -0.39 is 22.5 Å². The fourth-order valence-corrected chi connectivity index (χ4v) is 11.1. The molecule has 0 saturated carbocycles. The van der Waals surface area contributed by atoms with E-state index in [0.29, 0.717) is 10.6 Å². The quantitative estimate of drug-likeness (QED) is 0.213. The van der Waals surface area contributed by atoms with E-state index in [2.05, 4.69) is 21.0 Å². The van der Waals surface area contributed by atoms with Crippen LogP contribution in [0.3, 0.4) is 0 Å². The van der Waals surface area contributed by atoms with Crippen LogP contribution in [0.1, 0.15) is 0 Å². The van der Waals surface area contributed by atoms with E-state index in [0.717, 1.165) is 30.0 Å². The third-order valence-electron chi connectivity index (χ3n) is 7.14. The third kappa shape index (κ3) is 4.94. The molecule has 0 aliphatic carbocycles. The summed E-state index contributed by atoms with van der Waals surface area (Å²) in [6.07, 6.45) is 0. The predicted octanol–water partition coefficient (Wildman–Crippen LogP) is 6.37. The Balaban J connectivity index is 1.92. The van der Waals surface area contributed by atoms with Gasteiger partial charge in [0, 0.05) is 4.47 Å². The smallest absolute Gasteiger partial charge is 0.281 e. The standard InChI is InChI=1S/C34H26BrN2O3PS/c35-27-23-21-26(22-24-27)32-25-33(34(38)37(36-32)42(39,40)31-19-11-4-12-20-31)41(28-13-5-1-6-14-28,29-15-7-2-8-16-29)30-17-9-3-10-18-30/h1-25,36H. The molecule has 0 saturated heterocycles. The van der Waals surface area contributed by atoms with Crippen LogP contribution in [0.15, 0.2) is 166 Å². The molecule has 0 aliphatic rings. The highest BCUT2D eigenvalue weighted by Crippen LogP contribution is 2.47. The van der Waals surface area contributed by atoms with Crippen LogP contribution in [0.4, 0.5) is 0 Å². The Kier molecular flexibility index (Phi) is 7.74. The van der Waals surface area contributed by atoms with Gasteiger partial charge in [-0.1, -0.05) is 137 Å². The Labute approximate surface area is 252 Å². The molecule has 8 heteroatoms. The summed E-state index contributed by atoms with van der Waals surface area (Å²) in [5, 5.41) is 5.80. The van der Waals surface area contributed by atoms with E-state index >= 15 is 0 Å². The van der Waals surface area contributed by atoms with Crippen LogP contribution in [0.5, 0.6) is 0 Å². The van der Waals surface area contributed by atoms with Crippen LogP contribution in [0.2, 0.25) is 0 Å². The number of aromatic amines is 1. The zero-order chi connectivity index (χ0) is 29.2. The van der Waals surface area contributed by atoms with E-state index in [9.17, 15) is 13.2 Å². The molecule has 0 unspecified atom stereocenters. The molecule has 5 aromatic carbocycles. The van der Waals surface area contributed by atoms with E-state index in [1.165, 1.54) is 12.1 Å². The lowest BCUT2D eigenvalue weighted by atomic mass is 10.1. The van der Waals surface area contributed by atoms with Gasteiger partial charge in [-0.15, -0.1) is 4.09 Å². The number of rotatable bonds is 6. The molecule has 0 atom stereocenters. The molecule has 1 aromatic heterocycles. The third-order valence-corrected chi connectivity index (χ3v) is 13.5. The first-order valence-corrected chi connectivity index (χ1v) is 17.3. The molecular weight excluding hydrogens is 627 g/mol. The number of hydrogen-bond acceptors (Lipinski definition) is 3. The number of halogens is 1. The Hall–Kier alpha value is -4.16. The van der Waals surface area contributed by atoms with Crippen molar-refractivity contribution >= 4 is 48.8 Å². The minimum Gasteiger partial charge on any atom is -0.281 e. The first-order chi connectivity index (χ1) is 20.4. The van der Waals surface area contributed by atoms with Crippen LogP contribution >= 0.6 is 22.8 Å². The highest BCUT2D eigenvalue weighted by Gasteiger charge is 2.30. The molecule has 0 radical (unpaired) electrons. The number of nitrogens with zero attached hydrogens (tertiary/aromatic N) is 1. The van der Waals surface area contributed by atoms with Gasteiger partial charge in [-0.25, -0.2) is 0 Å². The maximum Gasteiger partial charge on any atom is 0.287 e. The molecule has 0 fully saturated rings. The van der Waals surface area contributed by atoms with Gasteiger partial charge >= 0.3 is 0 Å². The van der Waals surface area contributed by atoms with Crippen LogP contribution in [-0.2, 0) is 10.0 Å². The number of nitrogens with one attached hydrogen (secondary N) is 1. The number of aromatic nitrogens is 2. The van der Waals surface area contributed by atoms with Gasteiger partial charge < -0.3 is 0 Å². The summed E-state index contributed by atoms with van der Waals surface area (Å²) in [7, 11) is -4.28. The average molecular weight is 654 g/mol. The van der Waals surface area contributed by atoms with E-state index in [1.807, 2.05) is 121 Å². The van der Waals surface area contributed by atoms with Gasteiger partial charge in [0.1, 0.15) is 0 Å². The van der Waals surface area contributed by atoms with Gasteiger partial charge in [-0.3, -0.25) is 9.89 Å². The number of H-pyrrole nitrogens is 1. The maximum absolute atomic E-state index is 14.8. The van der Waals surface area contributed by atoms with Crippen molar-refractivity contribution in [3.05, 3.63) is 171 Å². The summed E-state index contributed by atoms with van der Waals surface area (Å²) in [5.74, 6) is 0. The molecule has 0 bridgehead atoms. The molecule has 0 spiro atoms. The monoisotopic (exact) mass is 652 g/mol. The van der Waals surface area contributed by atoms with Gasteiger partial charge in [0.15, 0.2) is 0 Å². The van der Waals surface area contributed by atoms with Crippen molar-refractivity contribution in [3.8, 4) is 11.3 Å². The fourth-order valence-electron chi connectivity index (χ4n) is 5.20. The zero-order valence-electron chi connectivity index (χ0n) is 22.3. The van der Waals surface area contributed by atoms with Gasteiger partial charge in [0.05, 0.1) is 15.5 Å². The average Bonchev–Trinajstić information content (AvgIpc) is 3.04. The molecule has 208 valence electrons. The summed E-state index contributed by atoms with van der Waals surface area (Å²) in [6, 6.07) is 47.1. The van der Waals surface area contributed by atoms with Crippen molar-refractivity contribution in [1.29, 1.82) is 0 Å². The summed E-state index contributed by atoms with van der Waals surface area (Å²) in [5.41, 5.74) is 0.622. The second-order valence-electron chi connectivity index (χ2n) is 9.63. The van der Waals surface area contributed by atoms with Gasteiger partial charge in [0.2, 0.25) is 0 Å². The van der Waals surface area contributed by atoms with Gasteiger partial charge in [-0.2, -0.15) is 8.42 Å². The molecular formula is C34H26BrN2O3PS. The number of benzene rings is 5. The van der Waals surface area contributed by atoms with E-state index in [4.69, 9.17) is 0 Å². The maximum atomic E-state index is 14.8. The Bertz CT molecular complexity index is 2010. The SMILES string of the molecule is O=c1c(=P(c2ccccc2)(c2ccccc2)c2ccccc2)cc(-c2ccc(Br)cc2)[nH]n1S(=O)(=O)c1ccccc1. The van der Waals surface area contributed by atoms with Crippen LogP contribution in [-0.4, -0.2) is 17.6 Å². The Morgan fingerprint density at radius 3 is 1.48 bits per heavy atom. The molecule has 0 amide bonds. The number of hydrogen-bond donors (Lipinski definition) is 1. The first-order valence-electron chi connectivity index (χ1n) is 13.2. The molecule has 0 aliphatic heterocycles. The highest BCUT2D eigenvalue weighted by atomic mass is 79.9. The topological polar surface area (TPSA) is 71.9 Å². The van der Waals surface area contributed by atoms with Crippen molar-refractivity contribution in [1.82, 2.24) is 9.19 Å². The summed E-state index contributed by atoms with van der Waals surface area (Å²) in [4.78, 5) is 15.2. The minimum atomic E-state index is -4.28. The molecule has 1 N–H and O–H groups in total. The predicted molar refractivity (Wildman–Crippen MR) is 176 cm³/mol. The molecule has 6 aromatic rings. The van der Waals surface area contributed by atoms with Gasteiger partial charge in [-0.05, 0) is 58.7 Å². The van der Waals surface area contributed by atoms with Crippen molar-refractivity contribution in [2.45, 2.75) is 4.90 Å². The minimum absolute atomic E-state index is 0.0188. The lowest BCUT2D eigenvalue weighted by molar-refractivity contribution is 0.576. The first kappa shape index (κ1) is 28.0. The molecule has 6 rings (SSSR count). The zero-order valence-corrected chi connectivity index (χ0v) is 25.6. The second kappa shape index (κ2) is 11.6. The Morgan fingerprint density at radius 1 is 0.595 bits per heavy atom. The van der Waals surface area contributed by atoms with Crippen LogP contribution < -0.4 is 21.5 Å². The summed E-state index contributed by atoms with van der Waals surface area (Å²) < 4.78 is 29.9. The van der Waals surface area contributed by atoms with Crippen molar-refractivity contribution in [2.75, 3.05) is 0 Å². The summed E-state index contributed by atoms with van der Waals surface area (Å²) in [6.45, 7) is -2.92. The largest absolute Gasteiger partial charge is 0.287 e. The fraction of sp³-hybridized carbons (Fsp3) is 0. The molecule has 5 nitrogen and oxygen atoms in total. The molecule has 42 heavy (non-hydrogen) atoms. The van der Waals surface area contributed by atoms with Crippen LogP contribution in [0.25, 0.3) is 11.3 Å². The lowest BCUT2D eigenvalue weighted by Crippen LogP contribution is -2.34. The Morgan fingerprint density at radius 2 is 1.02 bits per heavy atom. The van der Waals surface area contributed by atoms with Crippen molar-refractivity contribution in [2.24, 2.45) is 0 Å². The van der Waals surface area contributed by atoms with E-state index in [1.54, 1.807) is 18.2 Å². The summed E-state index contributed by atoms with van der Waals surface area (Å²) >= 11 is 3.49. The van der Waals surface area contributed by atoms with Crippen molar-refractivity contribution < 1.29 is 8.42 Å². The highest BCUT2D eigenvalue weighted by molar-refractivity contribution is 9.10. The van der Waals surface area contributed by atoms with Crippen molar-refractivity contribution in [3.63, 3.8) is 0 Å². The van der Waals surface area contributed by atoms with E-state index in [-0.39, 0.29) is 4.90 Å². The lowest BCUT2D eigenvalue weighted by Gasteiger charge is -2.29. The molecule has 1 heterocycles. The normalized spacial score (nSPS) is 11.7. The van der Waals surface area contributed by atoms with Gasteiger partial charge in [0.25, 0.3) is 15.6 Å². The van der Waals surface area contributed by atoms with Crippen LogP contribution in [0, 0.1) is 4.94 Å². The second-order valence-corrected chi connectivity index (χ2v) is 15.7.